The third-order valence-electron chi connectivity index (χ3n) is 4.85. The Kier molecular flexibility index (Phi) is 5.70. The quantitative estimate of drug-likeness (QED) is 0.421. The van der Waals surface area contributed by atoms with Gasteiger partial charge in [-0.25, -0.2) is 12.4 Å². The third-order valence-corrected chi connectivity index (χ3v) is 7.67. The lowest BCUT2D eigenvalue weighted by Gasteiger charge is -2.08. The molecule has 1 atom stereocenters. The van der Waals surface area contributed by atoms with Gasteiger partial charge in [0.25, 0.3) is 10.0 Å². The number of aryl methyl sites for hydroxylation is 1. The predicted octanol–water partition coefficient (Wildman–Crippen LogP) is 5.42. The fraction of sp³-hybridized carbons (Fsp3) is 0.125. The molecule has 0 amide bonds. The second-order valence-corrected chi connectivity index (χ2v) is 9.90. The number of aromatic nitrogens is 1. The van der Waals surface area contributed by atoms with Crippen LogP contribution in [0.1, 0.15) is 24.1 Å². The molecule has 3 aromatic carbocycles. The third kappa shape index (κ3) is 4.15. The maximum Gasteiger partial charge on any atom is 0.270 e. The summed E-state index contributed by atoms with van der Waals surface area (Å²) in [5.74, 6) is 0. The molecule has 0 N–H and O–H groups in total. The van der Waals surface area contributed by atoms with Crippen molar-refractivity contribution in [3.8, 4) is 10.4 Å². The van der Waals surface area contributed by atoms with E-state index in [9.17, 15) is 8.42 Å². The second-order valence-electron chi connectivity index (χ2n) is 7.07. The molecule has 6 heteroatoms. The van der Waals surface area contributed by atoms with Crippen molar-refractivity contribution in [2.75, 3.05) is 0 Å². The van der Waals surface area contributed by atoms with Crippen molar-refractivity contribution in [2.24, 2.45) is 4.99 Å². The zero-order valence-electron chi connectivity index (χ0n) is 16.8. The van der Waals surface area contributed by atoms with Crippen molar-refractivity contribution in [2.45, 2.75) is 24.8 Å². The minimum absolute atomic E-state index is 0.173. The molecule has 0 fully saturated rings. The Hall–Kier alpha value is -2.96. The highest BCUT2D eigenvalue weighted by Crippen LogP contribution is 2.25. The van der Waals surface area contributed by atoms with E-state index in [4.69, 9.17) is 4.99 Å². The molecular formula is C24H22N2O2S2. The molecule has 4 rings (SSSR count). The van der Waals surface area contributed by atoms with Crippen LogP contribution in [0.2, 0.25) is 0 Å². The zero-order valence-corrected chi connectivity index (χ0v) is 18.4. The standard InChI is InChI=1S/C24H22N2O2S2/c1-18-13-15-22(16-14-18)30(27,28)26-17-23(21-11-7-4-8-12-21)29-24(26)25-19(2)20-9-5-3-6-10-20/h3-17,19H,1-2H3. The minimum atomic E-state index is -3.77. The smallest absolute Gasteiger partial charge is 0.250 e. The van der Waals surface area contributed by atoms with Gasteiger partial charge >= 0.3 is 0 Å². The van der Waals surface area contributed by atoms with E-state index in [1.165, 1.54) is 15.3 Å². The van der Waals surface area contributed by atoms with Crippen LogP contribution in [0.3, 0.4) is 0 Å². The summed E-state index contributed by atoms with van der Waals surface area (Å²) in [5.41, 5.74) is 3.01. The minimum Gasteiger partial charge on any atom is -0.250 e. The van der Waals surface area contributed by atoms with Gasteiger partial charge in [-0.1, -0.05) is 89.7 Å². The maximum atomic E-state index is 13.4. The first kappa shape index (κ1) is 20.3. The number of rotatable bonds is 5. The van der Waals surface area contributed by atoms with Crippen molar-refractivity contribution in [3.63, 3.8) is 0 Å². The van der Waals surface area contributed by atoms with Gasteiger partial charge in [0.2, 0.25) is 0 Å². The van der Waals surface area contributed by atoms with Crippen LogP contribution in [0.5, 0.6) is 0 Å². The van der Waals surface area contributed by atoms with Gasteiger partial charge < -0.3 is 0 Å². The van der Waals surface area contributed by atoms with Gasteiger partial charge in [-0.2, -0.15) is 0 Å². The first-order valence-electron chi connectivity index (χ1n) is 9.64. The number of thiazole rings is 1. The van der Waals surface area contributed by atoms with E-state index in [1.54, 1.807) is 30.5 Å². The monoisotopic (exact) mass is 434 g/mol. The Balaban J connectivity index is 1.89. The molecule has 0 radical (unpaired) electrons. The Morgan fingerprint density at radius 2 is 1.47 bits per heavy atom. The molecule has 4 nitrogen and oxygen atoms in total. The van der Waals surface area contributed by atoms with Crippen LogP contribution in [0.4, 0.5) is 0 Å². The second kappa shape index (κ2) is 8.42. The van der Waals surface area contributed by atoms with Gasteiger partial charge in [0.1, 0.15) is 0 Å². The highest BCUT2D eigenvalue weighted by molar-refractivity contribution is 7.90. The van der Waals surface area contributed by atoms with Crippen molar-refractivity contribution < 1.29 is 8.42 Å². The molecule has 152 valence electrons. The lowest BCUT2D eigenvalue weighted by atomic mass is 10.1. The summed E-state index contributed by atoms with van der Waals surface area (Å²) in [6.07, 6.45) is 1.67. The molecule has 0 spiro atoms. The van der Waals surface area contributed by atoms with E-state index < -0.39 is 10.0 Å². The molecule has 0 bridgehead atoms. The SMILES string of the molecule is Cc1ccc(S(=O)(=O)n2cc(-c3ccccc3)sc2=NC(C)c2ccccc2)cc1. The first-order chi connectivity index (χ1) is 14.4. The van der Waals surface area contributed by atoms with Crippen LogP contribution >= 0.6 is 11.3 Å². The molecule has 30 heavy (non-hydrogen) atoms. The summed E-state index contributed by atoms with van der Waals surface area (Å²) in [7, 11) is -3.77. The highest BCUT2D eigenvalue weighted by atomic mass is 32.2. The van der Waals surface area contributed by atoms with Gasteiger partial charge in [0, 0.05) is 6.20 Å². The van der Waals surface area contributed by atoms with Gasteiger partial charge in [-0.3, -0.25) is 4.99 Å². The Bertz CT molecular complexity index is 1310. The predicted molar refractivity (Wildman–Crippen MR) is 122 cm³/mol. The van der Waals surface area contributed by atoms with Crippen LogP contribution < -0.4 is 4.80 Å². The topological polar surface area (TPSA) is 51.4 Å². The zero-order chi connectivity index (χ0) is 21.1. The van der Waals surface area contributed by atoms with Crippen molar-refractivity contribution >= 4 is 21.4 Å². The maximum absolute atomic E-state index is 13.4. The molecule has 0 saturated carbocycles. The fourth-order valence-electron chi connectivity index (χ4n) is 3.12. The summed E-state index contributed by atoms with van der Waals surface area (Å²) in [4.78, 5) is 6.34. The van der Waals surface area contributed by atoms with Crippen LogP contribution in [0.25, 0.3) is 10.4 Å². The molecule has 4 aromatic rings. The molecule has 0 saturated heterocycles. The lowest BCUT2D eigenvalue weighted by Crippen LogP contribution is -2.23. The van der Waals surface area contributed by atoms with Crippen LogP contribution in [-0.2, 0) is 10.0 Å². The molecular weight excluding hydrogens is 412 g/mol. The van der Waals surface area contributed by atoms with E-state index in [0.29, 0.717) is 4.80 Å². The molecule has 1 unspecified atom stereocenters. The molecule has 0 aliphatic heterocycles. The van der Waals surface area contributed by atoms with E-state index in [2.05, 4.69) is 0 Å². The highest BCUT2D eigenvalue weighted by Gasteiger charge is 2.21. The number of hydrogen-bond acceptors (Lipinski definition) is 4. The average molecular weight is 435 g/mol. The van der Waals surface area contributed by atoms with Gasteiger partial charge in [0.05, 0.1) is 15.8 Å². The normalized spacial score (nSPS) is 13.3. The fourth-order valence-corrected chi connectivity index (χ4v) is 5.76. The molecule has 0 aliphatic rings. The summed E-state index contributed by atoms with van der Waals surface area (Å²) in [5, 5.41) is 0. The number of hydrogen-bond donors (Lipinski definition) is 0. The van der Waals surface area contributed by atoms with Crippen LogP contribution in [0.15, 0.2) is 101 Å². The summed E-state index contributed by atoms with van der Waals surface area (Å²) < 4.78 is 28.2. The number of benzene rings is 3. The van der Waals surface area contributed by atoms with Crippen LogP contribution in [-0.4, -0.2) is 12.4 Å². The van der Waals surface area contributed by atoms with E-state index >= 15 is 0 Å². The Labute approximate surface area is 180 Å². The van der Waals surface area contributed by atoms with Gasteiger partial charge in [-0.05, 0) is 37.1 Å². The van der Waals surface area contributed by atoms with E-state index in [0.717, 1.165) is 21.6 Å². The first-order valence-corrected chi connectivity index (χ1v) is 11.9. The summed E-state index contributed by atoms with van der Waals surface area (Å²) in [6, 6.07) is 26.4. The van der Waals surface area contributed by atoms with E-state index in [-0.39, 0.29) is 10.9 Å². The average Bonchev–Trinajstić information content (AvgIpc) is 3.20. The van der Waals surface area contributed by atoms with Gasteiger partial charge in [-0.15, -0.1) is 0 Å². The Morgan fingerprint density at radius 1 is 0.867 bits per heavy atom. The van der Waals surface area contributed by atoms with Crippen molar-refractivity contribution in [1.29, 1.82) is 0 Å². The van der Waals surface area contributed by atoms with Crippen molar-refractivity contribution in [1.82, 2.24) is 3.97 Å². The van der Waals surface area contributed by atoms with Crippen LogP contribution in [0, 0.1) is 6.92 Å². The lowest BCUT2D eigenvalue weighted by molar-refractivity contribution is 0.585. The molecule has 1 aromatic heterocycles. The van der Waals surface area contributed by atoms with E-state index in [1.807, 2.05) is 74.5 Å². The van der Waals surface area contributed by atoms with Crippen molar-refractivity contribution in [3.05, 3.63) is 107 Å². The Morgan fingerprint density at radius 3 is 2.10 bits per heavy atom. The summed E-state index contributed by atoms with van der Waals surface area (Å²) in [6.45, 7) is 3.91. The number of nitrogens with zero attached hydrogens (tertiary/aromatic N) is 2. The molecule has 0 aliphatic carbocycles. The largest absolute Gasteiger partial charge is 0.270 e. The van der Waals surface area contributed by atoms with Gasteiger partial charge in [0.15, 0.2) is 4.80 Å². The molecule has 1 heterocycles. The summed E-state index contributed by atoms with van der Waals surface area (Å²) >= 11 is 1.38.